The Hall–Kier alpha value is 0.400. The quantitative estimate of drug-likeness (QED) is 0.472. The maximum Gasteiger partial charge on any atom is 0.337 e. The molecule has 1 atom stereocenters. The highest BCUT2D eigenvalue weighted by molar-refractivity contribution is 7.52. The molecule has 0 amide bonds. The summed E-state index contributed by atoms with van der Waals surface area (Å²) in [5.41, 5.74) is 4.84. The summed E-state index contributed by atoms with van der Waals surface area (Å²) in [7, 11) is -2.08. The molecule has 0 saturated heterocycles. The Morgan fingerprint density at radius 1 is 1.89 bits per heavy atom. The molecule has 0 aliphatic rings. The van der Waals surface area contributed by atoms with E-state index in [9.17, 15) is 4.57 Å². The smallest absolute Gasteiger partial charge is 0.322 e. The number of halogens is 1. The molecule has 6 heteroatoms. The maximum absolute atomic E-state index is 10.5. The van der Waals surface area contributed by atoms with Gasteiger partial charge in [0.1, 0.15) is 0 Å². The van der Waals surface area contributed by atoms with Gasteiger partial charge in [-0.15, -0.1) is 11.6 Å². The number of nitrogens with two attached hydrogens (primary N) is 1. The summed E-state index contributed by atoms with van der Waals surface area (Å²) in [5.74, 6) is 0.304. The topological polar surface area (TPSA) is 66.6 Å². The summed E-state index contributed by atoms with van der Waals surface area (Å²) in [4.78, 5) is 8.62. The second-order valence-electron chi connectivity index (χ2n) is 1.66. The summed E-state index contributed by atoms with van der Waals surface area (Å²) in [6.07, 6.45) is 0. The third-order valence-corrected chi connectivity index (χ3v) is 2.24. The van der Waals surface area contributed by atoms with E-state index in [1.165, 1.54) is 7.05 Å². The van der Waals surface area contributed by atoms with E-state index in [1.54, 1.807) is 0 Å². The molecule has 0 rings (SSSR count). The number of hydrogen-bond donors (Lipinski definition) is 2. The third kappa shape index (κ3) is 3.89. The molecule has 9 heavy (non-hydrogen) atoms. The van der Waals surface area contributed by atoms with Crippen LogP contribution < -0.4 is 5.50 Å². The summed E-state index contributed by atoms with van der Waals surface area (Å²) in [6, 6.07) is 0. The van der Waals surface area contributed by atoms with E-state index < -0.39 is 7.67 Å². The molecule has 3 N–H and O–H groups in total. The van der Waals surface area contributed by atoms with Gasteiger partial charge in [-0.25, -0.2) is 10.2 Å². The van der Waals surface area contributed by atoms with Gasteiger partial charge in [-0.3, -0.25) is 4.57 Å². The average molecular weight is 173 g/mol. The molecule has 0 aromatic carbocycles. The molecule has 0 fully saturated rings. The molecule has 0 spiro atoms. The van der Waals surface area contributed by atoms with Gasteiger partial charge >= 0.3 is 7.67 Å². The summed E-state index contributed by atoms with van der Waals surface area (Å²) < 4.78 is 11.6. The van der Waals surface area contributed by atoms with Crippen LogP contribution in [0.4, 0.5) is 0 Å². The number of alkyl halides is 1. The zero-order valence-corrected chi connectivity index (χ0v) is 6.77. The van der Waals surface area contributed by atoms with Crippen molar-refractivity contribution in [2.75, 3.05) is 19.5 Å². The van der Waals surface area contributed by atoms with Crippen molar-refractivity contribution in [1.29, 1.82) is 0 Å². The van der Waals surface area contributed by atoms with Crippen LogP contribution in [0.2, 0.25) is 0 Å². The maximum atomic E-state index is 10.5. The fraction of sp³-hybridized carbons (Fsp3) is 1.00. The van der Waals surface area contributed by atoms with Crippen LogP contribution in [0.3, 0.4) is 0 Å². The van der Waals surface area contributed by atoms with Crippen LogP contribution >= 0.6 is 19.3 Å². The fourth-order valence-corrected chi connectivity index (χ4v) is 1.02. The van der Waals surface area contributed by atoms with Crippen molar-refractivity contribution in [3.8, 4) is 0 Å². The zero-order chi connectivity index (χ0) is 7.49. The highest BCUT2D eigenvalue weighted by Gasteiger charge is 2.16. The molecule has 0 aromatic heterocycles. The first-order valence-electron chi connectivity index (χ1n) is 2.37. The normalized spacial score (nSPS) is 17.9. The van der Waals surface area contributed by atoms with Gasteiger partial charge in [-0.1, -0.05) is 0 Å². The van der Waals surface area contributed by atoms with Gasteiger partial charge in [0.05, 0.1) is 0 Å². The molecule has 4 nitrogen and oxygen atoms in total. The summed E-state index contributed by atoms with van der Waals surface area (Å²) in [5, 5.41) is 0. The van der Waals surface area contributed by atoms with Crippen molar-refractivity contribution >= 4 is 19.3 Å². The lowest BCUT2D eigenvalue weighted by Gasteiger charge is -2.16. The molecule has 0 saturated carbocycles. The van der Waals surface area contributed by atoms with Gasteiger partial charge in [0.2, 0.25) is 0 Å². The van der Waals surface area contributed by atoms with Crippen molar-refractivity contribution in [2.24, 2.45) is 5.50 Å². The van der Waals surface area contributed by atoms with Crippen molar-refractivity contribution in [1.82, 2.24) is 4.67 Å². The second-order valence-corrected chi connectivity index (χ2v) is 3.90. The molecule has 0 radical (unpaired) electrons. The van der Waals surface area contributed by atoms with Crippen molar-refractivity contribution in [3.05, 3.63) is 0 Å². The van der Waals surface area contributed by atoms with Crippen LogP contribution in [0.25, 0.3) is 0 Å². The van der Waals surface area contributed by atoms with Gasteiger partial charge in [0.25, 0.3) is 0 Å². The molecule has 0 aliphatic heterocycles. The van der Waals surface area contributed by atoms with Gasteiger partial charge in [0.15, 0.2) is 0 Å². The van der Waals surface area contributed by atoms with Gasteiger partial charge in [-0.2, -0.15) is 0 Å². The SMILES string of the molecule is CN(CCCl)P(N)(=O)O. The second kappa shape index (κ2) is 3.54. The van der Waals surface area contributed by atoms with Gasteiger partial charge < -0.3 is 4.89 Å². The van der Waals surface area contributed by atoms with Crippen LogP contribution in [0.5, 0.6) is 0 Å². The third-order valence-electron chi connectivity index (χ3n) is 0.897. The van der Waals surface area contributed by atoms with Gasteiger partial charge in [0, 0.05) is 12.4 Å². The fourth-order valence-electron chi connectivity index (χ4n) is 0.266. The Labute approximate surface area is 59.2 Å². The summed E-state index contributed by atoms with van der Waals surface area (Å²) >= 11 is 5.27. The molecule has 1 unspecified atom stereocenters. The Balaban J connectivity index is 3.74. The molecule has 0 heterocycles. The Kier molecular flexibility index (Phi) is 3.70. The molecule has 0 aromatic rings. The highest BCUT2D eigenvalue weighted by atomic mass is 35.5. The number of nitrogens with zero attached hydrogens (tertiary/aromatic N) is 1. The van der Waals surface area contributed by atoms with E-state index in [0.29, 0.717) is 12.4 Å². The first kappa shape index (κ1) is 9.40. The zero-order valence-electron chi connectivity index (χ0n) is 5.12. The number of hydrogen-bond acceptors (Lipinski definition) is 1. The predicted molar refractivity (Wildman–Crippen MR) is 37.4 cm³/mol. The molecular formula is C3H10ClN2O2P. The molecule has 0 bridgehead atoms. The lowest BCUT2D eigenvalue weighted by Crippen LogP contribution is -2.21. The predicted octanol–water partition coefficient (Wildman–Crippen LogP) is 0.216. The van der Waals surface area contributed by atoms with Gasteiger partial charge in [-0.05, 0) is 7.05 Å². The van der Waals surface area contributed by atoms with E-state index in [2.05, 4.69) is 0 Å². The Morgan fingerprint density at radius 3 is 2.44 bits per heavy atom. The van der Waals surface area contributed by atoms with Crippen molar-refractivity contribution in [2.45, 2.75) is 0 Å². The first-order valence-corrected chi connectivity index (χ1v) is 4.59. The van der Waals surface area contributed by atoms with Crippen LogP contribution in [0, 0.1) is 0 Å². The van der Waals surface area contributed by atoms with E-state index >= 15 is 0 Å². The first-order chi connectivity index (χ1) is 3.98. The molecule has 56 valence electrons. The molecular weight excluding hydrogens is 162 g/mol. The molecule has 0 aliphatic carbocycles. The largest absolute Gasteiger partial charge is 0.337 e. The van der Waals surface area contributed by atoms with E-state index in [1.807, 2.05) is 0 Å². The minimum atomic E-state index is -3.52. The van der Waals surface area contributed by atoms with Crippen LogP contribution in [-0.4, -0.2) is 29.0 Å². The van der Waals surface area contributed by atoms with Crippen LogP contribution in [0.1, 0.15) is 0 Å². The highest BCUT2D eigenvalue weighted by Crippen LogP contribution is 2.32. The monoisotopic (exact) mass is 172 g/mol. The van der Waals surface area contributed by atoms with Crippen molar-refractivity contribution < 1.29 is 9.46 Å². The summed E-state index contributed by atoms with van der Waals surface area (Å²) in [6.45, 7) is 0.325. The van der Waals surface area contributed by atoms with E-state index in [4.69, 9.17) is 22.0 Å². The Morgan fingerprint density at radius 2 is 2.33 bits per heavy atom. The minimum absolute atomic E-state index is 0.304. The van der Waals surface area contributed by atoms with Crippen LogP contribution in [-0.2, 0) is 4.57 Å². The lowest BCUT2D eigenvalue weighted by atomic mass is 10.8. The van der Waals surface area contributed by atoms with E-state index in [0.717, 1.165) is 4.67 Å². The van der Waals surface area contributed by atoms with Crippen LogP contribution in [0.15, 0.2) is 0 Å². The van der Waals surface area contributed by atoms with Crippen molar-refractivity contribution in [3.63, 3.8) is 0 Å². The Bertz CT molecular complexity index is 125. The van der Waals surface area contributed by atoms with E-state index in [-0.39, 0.29) is 0 Å². The lowest BCUT2D eigenvalue weighted by molar-refractivity contribution is 0.392. The number of rotatable bonds is 3. The minimum Gasteiger partial charge on any atom is -0.322 e. The standard InChI is InChI=1S/C3H10ClN2O2P/c1-6(3-2-4)9(5,7)8/h2-3H2,1H3,(H3,5,7,8). The average Bonchev–Trinajstić information content (AvgIpc) is 1.64.